The molecule has 4 atom stereocenters. The highest BCUT2D eigenvalue weighted by atomic mass is 15.3. The van der Waals surface area contributed by atoms with Gasteiger partial charge in [0.25, 0.3) is 0 Å². The molecule has 0 amide bonds. The van der Waals surface area contributed by atoms with Gasteiger partial charge in [-0.15, -0.1) is 0 Å². The van der Waals surface area contributed by atoms with Crippen LogP contribution in [0, 0.1) is 5.92 Å². The summed E-state index contributed by atoms with van der Waals surface area (Å²) in [5.41, 5.74) is 0. The lowest BCUT2D eigenvalue weighted by Crippen LogP contribution is -2.48. The molecule has 2 fully saturated rings. The molecular formula is C11H22N2. The van der Waals surface area contributed by atoms with Gasteiger partial charge < -0.3 is 5.32 Å². The maximum absolute atomic E-state index is 3.39. The van der Waals surface area contributed by atoms with E-state index < -0.39 is 0 Å². The van der Waals surface area contributed by atoms with Crippen molar-refractivity contribution in [2.45, 2.75) is 57.8 Å². The lowest BCUT2D eigenvalue weighted by atomic mass is 10.0. The normalized spacial score (nSPS) is 40.8. The van der Waals surface area contributed by atoms with E-state index in [1.54, 1.807) is 0 Å². The lowest BCUT2D eigenvalue weighted by molar-refractivity contribution is 0.145. The third-order valence-corrected chi connectivity index (χ3v) is 3.82. The fourth-order valence-electron chi connectivity index (χ4n) is 2.95. The van der Waals surface area contributed by atoms with Gasteiger partial charge in [-0.25, -0.2) is 0 Å². The van der Waals surface area contributed by atoms with E-state index in [2.05, 4.69) is 38.0 Å². The molecule has 0 aromatic carbocycles. The number of likely N-dealkylation sites (tertiary alicyclic amines) is 1. The van der Waals surface area contributed by atoms with Crippen LogP contribution in [0.3, 0.4) is 0 Å². The molecule has 0 spiro atoms. The highest BCUT2D eigenvalue weighted by Gasteiger charge is 2.53. The van der Waals surface area contributed by atoms with Crippen molar-refractivity contribution in [2.24, 2.45) is 5.92 Å². The second-order valence-corrected chi connectivity index (χ2v) is 4.98. The third kappa shape index (κ3) is 1.50. The summed E-state index contributed by atoms with van der Waals surface area (Å²) in [5, 5.41) is 3.39. The Morgan fingerprint density at radius 1 is 1.23 bits per heavy atom. The van der Waals surface area contributed by atoms with Crippen molar-refractivity contribution < 1.29 is 0 Å². The molecule has 13 heavy (non-hydrogen) atoms. The van der Waals surface area contributed by atoms with Crippen LogP contribution in [0.1, 0.15) is 33.6 Å². The SMILES string of the molecule is CNC(C)C1C[C@H]2C[C@H]2N1C(C)C. The minimum atomic E-state index is 0.648. The molecule has 1 heterocycles. The van der Waals surface area contributed by atoms with E-state index in [1.807, 2.05) is 0 Å². The van der Waals surface area contributed by atoms with Gasteiger partial charge in [0.2, 0.25) is 0 Å². The van der Waals surface area contributed by atoms with E-state index in [0.29, 0.717) is 6.04 Å². The van der Waals surface area contributed by atoms with E-state index in [0.717, 1.165) is 24.0 Å². The van der Waals surface area contributed by atoms with Gasteiger partial charge in [0.05, 0.1) is 0 Å². The van der Waals surface area contributed by atoms with Crippen LogP contribution in [-0.4, -0.2) is 36.1 Å². The van der Waals surface area contributed by atoms with Crippen molar-refractivity contribution in [3.63, 3.8) is 0 Å². The zero-order valence-corrected chi connectivity index (χ0v) is 9.25. The Bertz CT molecular complexity index is 191. The smallest absolute Gasteiger partial charge is 0.0255 e. The highest BCUT2D eigenvalue weighted by Crippen LogP contribution is 2.49. The molecule has 0 aromatic heterocycles. The first-order valence-electron chi connectivity index (χ1n) is 5.59. The van der Waals surface area contributed by atoms with Crippen LogP contribution in [0.15, 0.2) is 0 Å². The van der Waals surface area contributed by atoms with E-state index in [4.69, 9.17) is 0 Å². The number of nitrogens with one attached hydrogen (secondary N) is 1. The van der Waals surface area contributed by atoms with Crippen molar-refractivity contribution in [3.8, 4) is 0 Å². The maximum atomic E-state index is 3.39. The first-order chi connectivity index (χ1) is 6.15. The standard InChI is InChI=1S/C11H22N2/c1-7(2)13-10(8(3)12-4)5-9-6-11(9)13/h7-12H,5-6H2,1-4H3/t8?,9-,10?,11+/m0/s1. The first kappa shape index (κ1) is 9.47. The summed E-state index contributed by atoms with van der Waals surface area (Å²) in [4.78, 5) is 2.73. The number of hydrogen-bond acceptors (Lipinski definition) is 2. The van der Waals surface area contributed by atoms with E-state index >= 15 is 0 Å². The molecule has 0 bridgehead atoms. The number of rotatable bonds is 3. The molecular weight excluding hydrogens is 160 g/mol. The van der Waals surface area contributed by atoms with Gasteiger partial charge in [0.1, 0.15) is 0 Å². The van der Waals surface area contributed by atoms with Gasteiger partial charge in [-0.05, 0) is 46.6 Å². The van der Waals surface area contributed by atoms with Gasteiger partial charge in [0, 0.05) is 24.2 Å². The molecule has 0 aromatic rings. The Labute approximate surface area is 81.7 Å². The van der Waals surface area contributed by atoms with Crippen LogP contribution in [0.25, 0.3) is 0 Å². The van der Waals surface area contributed by atoms with Gasteiger partial charge in [-0.2, -0.15) is 0 Å². The molecule has 1 saturated heterocycles. The molecule has 0 radical (unpaired) electrons. The van der Waals surface area contributed by atoms with Gasteiger partial charge >= 0.3 is 0 Å². The molecule has 1 aliphatic heterocycles. The van der Waals surface area contributed by atoms with Crippen molar-refractivity contribution in [3.05, 3.63) is 0 Å². The Balaban J connectivity index is 2.03. The summed E-state index contributed by atoms with van der Waals surface area (Å²) in [6, 6.07) is 3.09. The topological polar surface area (TPSA) is 15.3 Å². The minimum absolute atomic E-state index is 0.648. The second-order valence-electron chi connectivity index (χ2n) is 4.98. The zero-order chi connectivity index (χ0) is 9.59. The number of hydrogen-bond donors (Lipinski definition) is 1. The van der Waals surface area contributed by atoms with E-state index in [1.165, 1.54) is 12.8 Å². The molecule has 2 heteroatoms. The fraction of sp³-hybridized carbons (Fsp3) is 1.00. The zero-order valence-electron chi connectivity index (χ0n) is 9.25. The van der Waals surface area contributed by atoms with Crippen molar-refractivity contribution in [1.82, 2.24) is 10.2 Å². The predicted octanol–water partition coefficient (Wildman–Crippen LogP) is 1.47. The molecule has 2 rings (SSSR count). The van der Waals surface area contributed by atoms with Crippen LogP contribution in [0.2, 0.25) is 0 Å². The molecule has 1 N–H and O–H groups in total. The van der Waals surface area contributed by atoms with Crippen LogP contribution >= 0.6 is 0 Å². The van der Waals surface area contributed by atoms with Crippen molar-refractivity contribution in [2.75, 3.05) is 7.05 Å². The van der Waals surface area contributed by atoms with Gasteiger partial charge in [0.15, 0.2) is 0 Å². The maximum Gasteiger partial charge on any atom is 0.0255 e. The molecule has 1 saturated carbocycles. The number of piperidine rings is 1. The highest BCUT2D eigenvalue weighted by molar-refractivity contribution is 5.08. The first-order valence-corrected chi connectivity index (χ1v) is 5.59. The minimum Gasteiger partial charge on any atom is -0.316 e. The molecule has 2 aliphatic rings. The Morgan fingerprint density at radius 3 is 2.46 bits per heavy atom. The third-order valence-electron chi connectivity index (χ3n) is 3.82. The largest absolute Gasteiger partial charge is 0.316 e. The number of nitrogens with zero attached hydrogens (tertiary/aromatic N) is 1. The van der Waals surface area contributed by atoms with Gasteiger partial charge in [-0.3, -0.25) is 4.90 Å². The Hall–Kier alpha value is -0.0800. The van der Waals surface area contributed by atoms with Gasteiger partial charge in [-0.1, -0.05) is 0 Å². The fourth-order valence-corrected chi connectivity index (χ4v) is 2.95. The summed E-state index contributed by atoms with van der Waals surface area (Å²) in [7, 11) is 2.08. The summed E-state index contributed by atoms with van der Waals surface area (Å²) < 4.78 is 0. The van der Waals surface area contributed by atoms with Crippen LogP contribution in [0.5, 0.6) is 0 Å². The molecule has 2 unspecified atom stereocenters. The summed E-state index contributed by atoms with van der Waals surface area (Å²) in [6.07, 6.45) is 2.88. The van der Waals surface area contributed by atoms with E-state index in [-0.39, 0.29) is 0 Å². The Morgan fingerprint density at radius 2 is 1.92 bits per heavy atom. The molecule has 76 valence electrons. The van der Waals surface area contributed by atoms with Crippen LogP contribution in [0.4, 0.5) is 0 Å². The van der Waals surface area contributed by atoms with Crippen LogP contribution < -0.4 is 5.32 Å². The monoisotopic (exact) mass is 182 g/mol. The Kier molecular flexibility index (Phi) is 2.37. The summed E-state index contributed by atoms with van der Waals surface area (Å²) in [5.74, 6) is 1.03. The second kappa shape index (κ2) is 3.25. The summed E-state index contributed by atoms with van der Waals surface area (Å²) in [6.45, 7) is 6.97. The lowest BCUT2D eigenvalue weighted by Gasteiger charge is -2.34. The summed E-state index contributed by atoms with van der Waals surface area (Å²) >= 11 is 0. The van der Waals surface area contributed by atoms with Crippen LogP contribution in [-0.2, 0) is 0 Å². The number of fused-ring (bicyclic) bond motifs is 1. The molecule has 2 nitrogen and oxygen atoms in total. The average molecular weight is 182 g/mol. The predicted molar refractivity (Wildman–Crippen MR) is 55.8 cm³/mol. The van der Waals surface area contributed by atoms with Crippen molar-refractivity contribution >= 4 is 0 Å². The van der Waals surface area contributed by atoms with Crippen molar-refractivity contribution in [1.29, 1.82) is 0 Å². The van der Waals surface area contributed by atoms with E-state index in [9.17, 15) is 0 Å². The molecule has 1 aliphatic carbocycles. The number of likely N-dealkylation sites (N-methyl/N-ethyl adjacent to an activating group) is 1. The average Bonchev–Trinajstić information content (AvgIpc) is 2.74. The quantitative estimate of drug-likeness (QED) is 0.711.